The van der Waals surface area contributed by atoms with Crippen molar-refractivity contribution in [1.82, 2.24) is 4.98 Å². The van der Waals surface area contributed by atoms with E-state index < -0.39 is 0 Å². The van der Waals surface area contributed by atoms with Gasteiger partial charge in [0, 0.05) is 6.07 Å². The predicted molar refractivity (Wildman–Crippen MR) is 116 cm³/mol. The molecule has 146 valence electrons. The summed E-state index contributed by atoms with van der Waals surface area (Å²) < 4.78 is 12.0. The molecule has 0 saturated heterocycles. The quantitative estimate of drug-likeness (QED) is 0.439. The number of fused-ring (bicyclic) bond motifs is 1. The lowest BCUT2D eigenvalue weighted by atomic mass is 10.2. The molecule has 1 heterocycles. The van der Waals surface area contributed by atoms with Crippen LogP contribution >= 0.6 is 11.3 Å². The minimum atomic E-state index is -0.149. The van der Waals surface area contributed by atoms with Crippen molar-refractivity contribution in [2.75, 3.05) is 18.6 Å². The highest BCUT2D eigenvalue weighted by atomic mass is 32.1. The van der Waals surface area contributed by atoms with E-state index >= 15 is 0 Å². The molecule has 0 radical (unpaired) electrons. The lowest BCUT2D eigenvalue weighted by Crippen LogP contribution is -2.34. The number of methoxy groups -OCH3 is 1. The zero-order chi connectivity index (χ0) is 20.1. The summed E-state index contributed by atoms with van der Waals surface area (Å²) in [6.45, 7) is 0.366. The van der Waals surface area contributed by atoms with E-state index in [1.165, 1.54) is 11.3 Å². The van der Waals surface area contributed by atoms with Crippen LogP contribution in [0.5, 0.6) is 11.5 Å². The van der Waals surface area contributed by atoms with Crippen molar-refractivity contribution in [3.63, 3.8) is 0 Å². The van der Waals surface area contributed by atoms with Gasteiger partial charge in [-0.25, -0.2) is 4.98 Å². The van der Waals surface area contributed by atoms with Crippen LogP contribution in [0, 0.1) is 0 Å². The monoisotopic (exact) mass is 404 g/mol. The van der Waals surface area contributed by atoms with Gasteiger partial charge in [0.05, 0.1) is 23.9 Å². The third-order valence-electron chi connectivity index (χ3n) is 4.40. The first kappa shape index (κ1) is 19.0. The first-order valence-electron chi connectivity index (χ1n) is 9.19. The number of para-hydroxylation sites is 1. The van der Waals surface area contributed by atoms with Crippen molar-refractivity contribution in [2.45, 2.75) is 6.54 Å². The van der Waals surface area contributed by atoms with Crippen molar-refractivity contribution in [1.29, 1.82) is 0 Å². The van der Waals surface area contributed by atoms with Crippen molar-refractivity contribution < 1.29 is 14.3 Å². The molecule has 0 aliphatic rings. The van der Waals surface area contributed by atoms with Crippen LogP contribution in [0.2, 0.25) is 0 Å². The van der Waals surface area contributed by atoms with Crippen LogP contribution < -0.4 is 14.4 Å². The summed E-state index contributed by atoms with van der Waals surface area (Å²) in [5.41, 5.74) is 1.83. The summed E-state index contributed by atoms with van der Waals surface area (Å²) in [4.78, 5) is 19.4. The fourth-order valence-electron chi connectivity index (χ4n) is 2.91. The summed E-state index contributed by atoms with van der Waals surface area (Å²) in [6, 6.07) is 24.9. The van der Waals surface area contributed by atoms with Crippen molar-refractivity contribution >= 4 is 32.6 Å². The average molecular weight is 404 g/mol. The Kier molecular flexibility index (Phi) is 5.72. The van der Waals surface area contributed by atoms with E-state index in [0.29, 0.717) is 17.4 Å². The summed E-state index contributed by atoms with van der Waals surface area (Å²) in [5, 5.41) is 0.638. The largest absolute Gasteiger partial charge is 0.497 e. The number of aromatic nitrogens is 1. The molecule has 4 rings (SSSR count). The van der Waals surface area contributed by atoms with Crippen molar-refractivity contribution in [3.05, 3.63) is 84.4 Å². The Morgan fingerprint density at radius 1 is 0.966 bits per heavy atom. The number of amides is 1. The Hall–Kier alpha value is -3.38. The SMILES string of the molecule is COc1ccc2sc(N(Cc3ccccc3)C(=O)COc3ccccc3)nc2c1. The topological polar surface area (TPSA) is 51.7 Å². The van der Waals surface area contributed by atoms with Crippen molar-refractivity contribution in [3.8, 4) is 11.5 Å². The molecule has 0 aliphatic heterocycles. The molecule has 0 fully saturated rings. The molecule has 0 unspecified atom stereocenters. The first-order chi connectivity index (χ1) is 14.2. The molecule has 0 saturated carbocycles. The number of carbonyl (C=O) groups excluding carboxylic acids is 1. The number of hydrogen-bond donors (Lipinski definition) is 0. The van der Waals surface area contributed by atoms with Gasteiger partial charge in [0.25, 0.3) is 5.91 Å². The maximum Gasteiger partial charge on any atom is 0.267 e. The molecule has 0 spiro atoms. The van der Waals surface area contributed by atoms with Crippen LogP contribution in [0.3, 0.4) is 0 Å². The summed E-state index contributed by atoms with van der Waals surface area (Å²) in [5.74, 6) is 1.25. The molecule has 5 nitrogen and oxygen atoms in total. The number of carbonyl (C=O) groups is 1. The molecule has 4 aromatic rings. The smallest absolute Gasteiger partial charge is 0.267 e. The zero-order valence-electron chi connectivity index (χ0n) is 15.9. The van der Waals surface area contributed by atoms with E-state index in [0.717, 1.165) is 21.5 Å². The number of nitrogens with zero attached hydrogens (tertiary/aromatic N) is 2. The van der Waals surface area contributed by atoms with Gasteiger partial charge in [0.1, 0.15) is 11.5 Å². The molecular formula is C23H20N2O3S. The van der Waals surface area contributed by atoms with Gasteiger partial charge in [-0.2, -0.15) is 0 Å². The number of rotatable bonds is 7. The van der Waals surface area contributed by atoms with Crippen LogP contribution in [-0.4, -0.2) is 24.6 Å². The van der Waals surface area contributed by atoms with Gasteiger partial charge in [0.15, 0.2) is 11.7 Å². The number of anilines is 1. The molecule has 0 bridgehead atoms. The van der Waals surface area contributed by atoms with Gasteiger partial charge < -0.3 is 9.47 Å². The molecule has 6 heteroatoms. The van der Waals surface area contributed by atoms with Crippen LogP contribution in [0.25, 0.3) is 10.2 Å². The van der Waals surface area contributed by atoms with Gasteiger partial charge in [-0.1, -0.05) is 59.9 Å². The summed E-state index contributed by atoms with van der Waals surface area (Å²) in [6.07, 6.45) is 0. The van der Waals surface area contributed by atoms with E-state index in [-0.39, 0.29) is 12.5 Å². The molecule has 0 atom stereocenters. The van der Waals surface area contributed by atoms with Crippen LogP contribution in [0.15, 0.2) is 78.9 Å². The molecule has 3 aromatic carbocycles. The van der Waals surface area contributed by atoms with Gasteiger partial charge in [-0.3, -0.25) is 9.69 Å². The second kappa shape index (κ2) is 8.75. The van der Waals surface area contributed by atoms with Gasteiger partial charge in [-0.05, 0) is 29.8 Å². The zero-order valence-corrected chi connectivity index (χ0v) is 16.8. The Morgan fingerprint density at radius 2 is 1.69 bits per heavy atom. The highest BCUT2D eigenvalue weighted by Crippen LogP contribution is 2.32. The van der Waals surface area contributed by atoms with E-state index in [2.05, 4.69) is 4.98 Å². The fourth-order valence-corrected chi connectivity index (χ4v) is 3.87. The number of thiazole rings is 1. The third kappa shape index (κ3) is 4.55. The lowest BCUT2D eigenvalue weighted by Gasteiger charge is -2.20. The standard InChI is InChI=1S/C23H20N2O3S/c1-27-19-12-13-21-20(14-19)24-23(29-21)25(15-17-8-4-2-5-9-17)22(26)16-28-18-10-6-3-7-11-18/h2-14H,15-16H2,1H3. The van der Waals surface area contributed by atoms with E-state index in [1.807, 2.05) is 78.9 Å². The molecule has 0 N–H and O–H groups in total. The fraction of sp³-hybridized carbons (Fsp3) is 0.130. The normalized spacial score (nSPS) is 10.7. The molecule has 29 heavy (non-hydrogen) atoms. The minimum Gasteiger partial charge on any atom is -0.497 e. The van der Waals surface area contributed by atoms with Gasteiger partial charge in [0.2, 0.25) is 0 Å². The second-order valence-electron chi connectivity index (χ2n) is 6.40. The Labute approximate surface area is 173 Å². The van der Waals surface area contributed by atoms with Gasteiger partial charge >= 0.3 is 0 Å². The van der Waals surface area contributed by atoms with Crippen LogP contribution in [0.4, 0.5) is 5.13 Å². The maximum atomic E-state index is 13.1. The lowest BCUT2D eigenvalue weighted by molar-refractivity contribution is -0.120. The van der Waals surface area contributed by atoms with E-state index in [9.17, 15) is 4.79 Å². The van der Waals surface area contributed by atoms with Gasteiger partial charge in [-0.15, -0.1) is 0 Å². The number of hydrogen-bond acceptors (Lipinski definition) is 5. The summed E-state index contributed by atoms with van der Waals surface area (Å²) >= 11 is 1.48. The number of ether oxygens (including phenoxy) is 2. The molecule has 1 amide bonds. The first-order valence-corrected chi connectivity index (χ1v) is 10.0. The predicted octanol–water partition coefficient (Wildman–Crippen LogP) is 4.92. The van der Waals surface area contributed by atoms with Crippen LogP contribution in [0.1, 0.15) is 5.56 Å². The third-order valence-corrected chi connectivity index (χ3v) is 5.46. The average Bonchev–Trinajstić information content (AvgIpc) is 3.20. The Morgan fingerprint density at radius 3 is 2.41 bits per heavy atom. The molecular weight excluding hydrogens is 384 g/mol. The summed E-state index contributed by atoms with van der Waals surface area (Å²) in [7, 11) is 1.63. The number of benzene rings is 3. The highest BCUT2D eigenvalue weighted by molar-refractivity contribution is 7.22. The maximum absolute atomic E-state index is 13.1. The highest BCUT2D eigenvalue weighted by Gasteiger charge is 2.21. The Bertz CT molecular complexity index is 1100. The molecule has 1 aromatic heterocycles. The Balaban J connectivity index is 1.61. The minimum absolute atomic E-state index is 0.0594. The second-order valence-corrected chi connectivity index (χ2v) is 7.41. The molecule has 0 aliphatic carbocycles. The van der Waals surface area contributed by atoms with Crippen LogP contribution in [-0.2, 0) is 11.3 Å². The van der Waals surface area contributed by atoms with Crippen molar-refractivity contribution in [2.24, 2.45) is 0 Å². The van der Waals surface area contributed by atoms with E-state index in [1.54, 1.807) is 12.0 Å². The van der Waals surface area contributed by atoms with E-state index in [4.69, 9.17) is 9.47 Å².